The van der Waals surface area contributed by atoms with E-state index in [4.69, 9.17) is 33.2 Å². The summed E-state index contributed by atoms with van der Waals surface area (Å²) in [6.07, 6.45) is 0. The van der Waals surface area contributed by atoms with E-state index in [-0.39, 0.29) is 0 Å². The van der Waals surface area contributed by atoms with Gasteiger partial charge in [0.2, 0.25) is 0 Å². The Bertz CT molecular complexity index is 1150. The number of rotatable bonds is 2. The molecule has 0 unspecified atom stereocenters. The molecule has 1 aliphatic heterocycles. The molecular weight excluding hydrogens is 419 g/mol. The van der Waals surface area contributed by atoms with E-state index in [1.165, 1.54) is 4.70 Å². The minimum absolute atomic E-state index is 0.758. The van der Waals surface area contributed by atoms with Gasteiger partial charge in [0, 0.05) is 36.2 Å². The molecule has 0 atom stereocenters. The molecule has 0 N–H and O–H groups in total. The summed E-state index contributed by atoms with van der Waals surface area (Å²) in [4.78, 5) is 14.3. The lowest BCUT2D eigenvalue weighted by Gasteiger charge is -2.34. The zero-order valence-corrected chi connectivity index (χ0v) is 17.7. The van der Waals surface area contributed by atoms with Gasteiger partial charge in [0.05, 0.1) is 20.4 Å². The molecule has 1 fully saturated rings. The zero-order valence-electron chi connectivity index (χ0n) is 14.6. The molecule has 5 rings (SSSR count). The molecule has 0 aliphatic carbocycles. The third-order valence-electron chi connectivity index (χ3n) is 4.90. The Balaban J connectivity index is 1.35. The van der Waals surface area contributed by atoms with E-state index in [0.717, 1.165) is 67.8 Å². The Morgan fingerprint density at radius 3 is 2.26 bits per heavy atom. The van der Waals surface area contributed by atoms with Gasteiger partial charge >= 0.3 is 0 Å². The van der Waals surface area contributed by atoms with Crippen molar-refractivity contribution in [1.82, 2.24) is 9.97 Å². The monoisotopic (exact) mass is 434 g/mol. The van der Waals surface area contributed by atoms with Crippen LogP contribution in [0, 0.1) is 6.92 Å². The number of hydrogen-bond donors (Lipinski definition) is 0. The fourth-order valence-corrected chi connectivity index (χ4v) is 5.86. The number of hydrogen-bond acceptors (Lipinski definition) is 6. The molecule has 4 nitrogen and oxygen atoms in total. The van der Waals surface area contributed by atoms with Gasteiger partial charge in [-0.15, -0.1) is 0 Å². The van der Waals surface area contributed by atoms with Crippen LogP contribution < -0.4 is 9.80 Å². The lowest BCUT2D eigenvalue weighted by Crippen LogP contribution is -2.46. The van der Waals surface area contributed by atoms with Crippen molar-refractivity contribution < 1.29 is 0 Å². The summed E-state index contributed by atoms with van der Waals surface area (Å²) in [6.45, 7) is 5.77. The molecule has 8 heteroatoms. The van der Waals surface area contributed by atoms with Crippen molar-refractivity contribution in [2.75, 3.05) is 36.0 Å². The number of nitrogens with zero attached hydrogens (tertiary/aromatic N) is 4. The smallest absolute Gasteiger partial charge is 0.186 e. The average molecular weight is 435 g/mol. The van der Waals surface area contributed by atoms with E-state index in [0.29, 0.717) is 0 Å². The van der Waals surface area contributed by atoms with Gasteiger partial charge in [0.15, 0.2) is 10.3 Å². The lowest BCUT2D eigenvalue weighted by molar-refractivity contribution is 0.651. The molecule has 2 aromatic heterocycles. The normalized spacial score (nSPS) is 15.2. The number of halogens is 2. The van der Waals surface area contributed by atoms with Crippen LogP contribution in [0.4, 0.5) is 10.3 Å². The minimum Gasteiger partial charge on any atom is -0.345 e. The molecule has 4 aromatic rings. The molecule has 138 valence electrons. The SMILES string of the molecule is Cc1c(Cl)ccc2sc(N3CCN(c4nc5ccc(Cl)cc5s4)CC3)nc12. The van der Waals surface area contributed by atoms with Crippen LogP contribution in [0.2, 0.25) is 10.0 Å². The van der Waals surface area contributed by atoms with Gasteiger partial charge in [-0.3, -0.25) is 0 Å². The second-order valence-corrected chi connectivity index (χ2v) is 9.46. The third-order valence-corrected chi connectivity index (χ3v) is 7.70. The third kappa shape index (κ3) is 3.14. The van der Waals surface area contributed by atoms with Gasteiger partial charge in [0.25, 0.3) is 0 Å². The van der Waals surface area contributed by atoms with E-state index in [1.807, 2.05) is 31.2 Å². The van der Waals surface area contributed by atoms with Crippen molar-refractivity contribution in [1.29, 1.82) is 0 Å². The molecule has 3 heterocycles. The highest BCUT2D eigenvalue weighted by atomic mass is 35.5. The van der Waals surface area contributed by atoms with Gasteiger partial charge in [-0.1, -0.05) is 45.9 Å². The maximum Gasteiger partial charge on any atom is 0.186 e. The predicted molar refractivity (Wildman–Crippen MR) is 118 cm³/mol. The fourth-order valence-electron chi connectivity index (χ4n) is 3.33. The van der Waals surface area contributed by atoms with Crippen LogP contribution in [0.3, 0.4) is 0 Å². The molecule has 27 heavy (non-hydrogen) atoms. The van der Waals surface area contributed by atoms with E-state index in [9.17, 15) is 0 Å². The summed E-state index contributed by atoms with van der Waals surface area (Å²) in [5.74, 6) is 0. The zero-order chi connectivity index (χ0) is 18.5. The summed E-state index contributed by atoms with van der Waals surface area (Å²) in [6, 6.07) is 9.89. The summed E-state index contributed by atoms with van der Waals surface area (Å²) < 4.78 is 2.33. The standard InChI is InChI=1S/C19H16Cl2N4S2/c1-11-13(21)3-5-15-17(11)23-19(26-15)25-8-6-24(7-9-25)18-22-14-4-2-12(20)10-16(14)27-18/h2-5,10H,6-9H2,1H3. The van der Waals surface area contributed by atoms with Crippen molar-refractivity contribution >= 4 is 76.6 Å². The van der Waals surface area contributed by atoms with Crippen LogP contribution >= 0.6 is 45.9 Å². The van der Waals surface area contributed by atoms with E-state index in [2.05, 4.69) is 15.9 Å². The molecule has 0 amide bonds. The topological polar surface area (TPSA) is 32.3 Å². The number of fused-ring (bicyclic) bond motifs is 2. The lowest BCUT2D eigenvalue weighted by atomic mass is 10.2. The van der Waals surface area contributed by atoms with Gasteiger partial charge in [-0.25, -0.2) is 9.97 Å². The van der Waals surface area contributed by atoms with Crippen LogP contribution in [-0.4, -0.2) is 36.1 Å². The van der Waals surface area contributed by atoms with E-state index < -0.39 is 0 Å². The van der Waals surface area contributed by atoms with Crippen molar-refractivity contribution in [3.05, 3.63) is 45.9 Å². The molecule has 2 aromatic carbocycles. The number of anilines is 2. The van der Waals surface area contributed by atoms with Gasteiger partial charge in [-0.2, -0.15) is 0 Å². The Morgan fingerprint density at radius 2 is 1.52 bits per heavy atom. The van der Waals surface area contributed by atoms with Crippen LogP contribution in [0.5, 0.6) is 0 Å². The van der Waals surface area contributed by atoms with Gasteiger partial charge in [-0.05, 0) is 42.8 Å². The number of aromatic nitrogens is 2. The molecule has 0 radical (unpaired) electrons. The Kier molecular flexibility index (Phi) is 4.39. The van der Waals surface area contributed by atoms with E-state index in [1.54, 1.807) is 22.7 Å². The van der Waals surface area contributed by atoms with Crippen LogP contribution in [0.15, 0.2) is 30.3 Å². The second kappa shape index (κ2) is 6.78. The highest BCUT2D eigenvalue weighted by Gasteiger charge is 2.22. The molecule has 0 saturated carbocycles. The fraction of sp³-hybridized carbons (Fsp3) is 0.263. The first-order valence-electron chi connectivity index (χ1n) is 8.70. The quantitative estimate of drug-likeness (QED) is 0.396. The summed E-state index contributed by atoms with van der Waals surface area (Å²) in [7, 11) is 0. The number of aryl methyl sites for hydroxylation is 1. The van der Waals surface area contributed by atoms with Crippen molar-refractivity contribution in [2.45, 2.75) is 6.92 Å². The molecule has 1 saturated heterocycles. The first-order valence-corrected chi connectivity index (χ1v) is 11.1. The van der Waals surface area contributed by atoms with Crippen molar-refractivity contribution in [3.8, 4) is 0 Å². The number of piperazine rings is 1. The Morgan fingerprint density at radius 1 is 0.852 bits per heavy atom. The number of thiazole rings is 2. The highest BCUT2D eigenvalue weighted by molar-refractivity contribution is 7.22. The summed E-state index contributed by atoms with van der Waals surface area (Å²) >= 11 is 15.8. The van der Waals surface area contributed by atoms with Crippen LogP contribution in [0.1, 0.15) is 5.56 Å². The minimum atomic E-state index is 0.758. The summed E-state index contributed by atoms with van der Waals surface area (Å²) in [5, 5.41) is 3.68. The van der Waals surface area contributed by atoms with Gasteiger partial charge < -0.3 is 9.80 Å². The van der Waals surface area contributed by atoms with Crippen molar-refractivity contribution in [2.24, 2.45) is 0 Å². The Hall–Kier alpha value is -1.60. The predicted octanol–water partition coefficient (Wildman–Crippen LogP) is 5.85. The number of benzene rings is 2. The van der Waals surface area contributed by atoms with Gasteiger partial charge in [0.1, 0.15) is 0 Å². The second-order valence-electron chi connectivity index (χ2n) is 6.60. The van der Waals surface area contributed by atoms with Crippen LogP contribution in [-0.2, 0) is 0 Å². The molecular formula is C19H16Cl2N4S2. The largest absolute Gasteiger partial charge is 0.345 e. The maximum absolute atomic E-state index is 6.24. The molecule has 1 aliphatic rings. The summed E-state index contributed by atoms with van der Waals surface area (Å²) in [5.41, 5.74) is 3.09. The molecule has 0 bridgehead atoms. The van der Waals surface area contributed by atoms with E-state index >= 15 is 0 Å². The first-order chi connectivity index (χ1) is 13.1. The van der Waals surface area contributed by atoms with Crippen molar-refractivity contribution in [3.63, 3.8) is 0 Å². The first kappa shape index (κ1) is 17.5. The average Bonchev–Trinajstić information content (AvgIpc) is 3.29. The van der Waals surface area contributed by atoms with Crippen LogP contribution in [0.25, 0.3) is 20.4 Å². The Labute approximate surface area is 175 Å². The maximum atomic E-state index is 6.24. The molecule has 0 spiro atoms. The highest BCUT2D eigenvalue weighted by Crippen LogP contribution is 2.35.